The maximum Gasteiger partial charge on any atom is 0.245 e. The number of carbonyl (C=O) groups excluding carboxylic acids is 2. The molecule has 0 spiro atoms. The second-order valence-electron chi connectivity index (χ2n) is 6.08. The Kier molecular flexibility index (Phi) is 7.40. The molecule has 0 aliphatic carbocycles. The van der Waals surface area contributed by atoms with Gasteiger partial charge in [0.25, 0.3) is 0 Å². The molecule has 0 aromatic heterocycles. The molecule has 2 aliphatic heterocycles. The third kappa shape index (κ3) is 5.13. The third-order valence-corrected chi connectivity index (χ3v) is 5.41. The summed E-state index contributed by atoms with van der Waals surface area (Å²) >= 11 is 1.87. The number of likely N-dealkylation sites (tertiary alicyclic amines) is 1. The molecule has 7 heteroatoms. The zero-order valence-corrected chi connectivity index (χ0v) is 15.2. The summed E-state index contributed by atoms with van der Waals surface area (Å²) in [4.78, 5) is 26.4. The van der Waals surface area contributed by atoms with Crippen LogP contribution in [0.3, 0.4) is 0 Å². The Morgan fingerprint density at radius 2 is 2.12 bits per heavy atom. The van der Waals surface area contributed by atoms with Crippen LogP contribution in [0.2, 0.25) is 0 Å². The first-order valence-corrected chi connectivity index (χ1v) is 9.31. The molecule has 0 radical (unpaired) electrons. The second-order valence-corrected chi connectivity index (χ2v) is 7.23. The summed E-state index contributed by atoms with van der Waals surface area (Å²) in [7, 11) is 0. The van der Waals surface area contributed by atoms with E-state index >= 15 is 0 Å². The van der Waals surface area contributed by atoms with E-state index in [4.69, 9.17) is 0 Å². The number of hydrogen-bond donors (Lipinski definition) is 2. The van der Waals surface area contributed by atoms with Crippen LogP contribution < -0.4 is 10.6 Å². The molecule has 5 nitrogen and oxygen atoms in total. The zero-order chi connectivity index (χ0) is 16.1. The van der Waals surface area contributed by atoms with Gasteiger partial charge in [-0.15, -0.1) is 12.4 Å². The lowest BCUT2D eigenvalue weighted by Gasteiger charge is -2.23. The fraction of sp³-hybridized carbons (Fsp3) is 0.529. The lowest BCUT2D eigenvalue weighted by molar-refractivity contribution is -0.133. The molecule has 2 fully saturated rings. The van der Waals surface area contributed by atoms with Gasteiger partial charge in [0.2, 0.25) is 11.8 Å². The molecule has 2 saturated heterocycles. The fourth-order valence-electron chi connectivity index (χ4n) is 3.06. The third-order valence-electron chi connectivity index (χ3n) is 4.28. The van der Waals surface area contributed by atoms with Crippen LogP contribution in [0, 0.1) is 0 Å². The van der Waals surface area contributed by atoms with Crippen LogP contribution >= 0.6 is 24.2 Å². The molecule has 132 valence electrons. The summed E-state index contributed by atoms with van der Waals surface area (Å²) in [6, 6.07) is 9.83. The van der Waals surface area contributed by atoms with Gasteiger partial charge in [-0.25, -0.2) is 0 Å². The number of amides is 2. The Morgan fingerprint density at radius 1 is 1.33 bits per heavy atom. The van der Waals surface area contributed by atoms with Crippen LogP contribution in [-0.4, -0.2) is 53.4 Å². The number of halogens is 1. The maximum atomic E-state index is 12.4. The smallest absolute Gasteiger partial charge is 0.245 e. The van der Waals surface area contributed by atoms with Gasteiger partial charge in [0.1, 0.15) is 6.04 Å². The highest BCUT2D eigenvalue weighted by atomic mass is 35.5. The Hall–Kier alpha value is -1.24. The van der Waals surface area contributed by atoms with E-state index in [0.717, 1.165) is 23.6 Å². The van der Waals surface area contributed by atoms with Crippen molar-refractivity contribution in [3.63, 3.8) is 0 Å². The minimum absolute atomic E-state index is 0. The van der Waals surface area contributed by atoms with Gasteiger partial charge in [-0.05, 0) is 12.0 Å². The van der Waals surface area contributed by atoms with Gasteiger partial charge in [-0.1, -0.05) is 30.3 Å². The molecule has 3 rings (SSSR count). The Morgan fingerprint density at radius 3 is 2.83 bits per heavy atom. The van der Waals surface area contributed by atoms with Crippen molar-refractivity contribution in [2.75, 3.05) is 24.6 Å². The molecule has 2 atom stereocenters. The van der Waals surface area contributed by atoms with Crippen molar-refractivity contribution in [2.24, 2.45) is 0 Å². The predicted molar refractivity (Wildman–Crippen MR) is 99.4 cm³/mol. The normalized spacial score (nSPS) is 23.7. The molecule has 24 heavy (non-hydrogen) atoms. The topological polar surface area (TPSA) is 61.4 Å². The van der Waals surface area contributed by atoms with Gasteiger partial charge < -0.3 is 15.5 Å². The first-order valence-electron chi connectivity index (χ1n) is 8.15. The molecule has 0 bridgehead atoms. The first kappa shape index (κ1) is 19.1. The molecule has 2 amide bonds. The van der Waals surface area contributed by atoms with Crippen molar-refractivity contribution in [1.29, 1.82) is 0 Å². The lowest BCUT2D eigenvalue weighted by Crippen LogP contribution is -2.45. The second kappa shape index (κ2) is 9.30. The zero-order valence-electron chi connectivity index (χ0n) is 13.6. The number of nitrogens with one attached hydrogen (secondary N) is 2. The van der Waals surface area contributed by atoms with Crippen LogP contribution in [0.15, 0.2) is 30.3 Å². The van der Waals surface area contributed by atoms with Crippen LogP contribution in [-0.2, 0) is 16.1 Å². The molecule has 0 saturated carbocycles. The summed E-state index contributed by atoms with van der Waals surface area (Å²) < 4.78 is 0. The van der Waals surface area contributed by atoms with Crippen LogP contribution in [0.5, 0.6) is 0 Å². The van der Waals surface area contributed by atoms with Crippen molar-refractivity contribution in [3.05, 3.63) is 35.9 Å². The number of carbonyl (C=O) groups is 2. The first-order chi connectivity index (χ1) is 11.2. The molecule has 2 N–H and O–H groups in total. The van der Waals surface area contributed by atoms with Crippen LogP contribution in [0.1, 0.15) is 18.4 Å². The van der Waals surface area contributed by atoms with Crippen molar-refractivity contribution in [1.82, 2.24) is 15.5 Å². The number of thioether (sulfide) groups is 1. The van der Waals surface area contributed by atoms with Gasteiger partial charge in [0.15, 0.2) is 0 Å². The fourth-order valence-corrected chi connectivity index (χ4v) is 4.01. The van der Waals surface area contributed by atoms with E-state index in [2.05, 4.69) is 10.6 Å². The molecule has 2 aliphatic rings. The molecule has 2 unspecified atom stereocenters. The van der Waals surface area contributed by atoms with Crippen molar-refractivity contribution in [3.8, 4) is 0 Å². The Balaban J connectivity index is 0.00000208. The number of nitrogens with zero attached hydrogens (tertiary/aromatic N) is 1. The number of hydrogen-bond acceptors (Lipinski definition) is 4. The molecular weight excluding hydrogens is 346 g/mol. The molecular formula is C17H24ClN3O2S. The quantitative estimate of drug-likeness (QED) is 0.824. The lowest BCUT2D eigenvalue weighted by atomic mass is 10.2. The standard InChI is InChI=1S/C17H23N3O2S.ClH/c21-16(10-14-12-23-9-7-18-14)19-15-6-8-20(17(15)22)11-13-4-2-1-3-5-13;/h1-5,14-15,18H,6-12H2,(H,19,21);1H. The molecule has 2 heterocycles. The minimum Gasteiger partial charge on any atom is -0.344 e. The Labute approximate surface area is 153 Å². The van der Waals surface area contributed by atoms with Crippen LogP contribution in [0.4, 0.5) is 0 Å². The monoisotopic (exact) mass is 369 g/mol. The highest BCUT2D eigenvalue weighted by Crippen LogP contribution is 2.16. The SMILES string of the molecule is Cl.O=C(CC1CSCCN1)NC1CCN(Cc2ccccc2)C1=O. The largest absolute Gasteiger partial charge is 0.344 e. The summed E-state index contributed by atoms with van der Waals surface area (Å²) in [5.41, 5.74) is 1.12. The summed E-state index contributed by atoms with van der Waals surface area (Å²) in [5, 5.41) is 6.26. The van der Waals surface area contributed by atoms with E-state index < -0.39 is 0 Å². The maximum absolute atomic E-state index is 12.4. The van der Waals surface area contributed by atoms with E-state index in [1.54, 1.807) is 0 Å². The van der Waals surface area contributed by atoms with Crippen molar-refractivity contribution < 1.29 is 9.59 Å². The van der Waals surface area contributed by atoms with Gasteiger partial charge >= 0.3 is 0 Å². The average molecular weight is 370 g/mol. The number of benzene rings is 1. The van der Waals surface area contributed by atoms with Gasteiger partial charge in [0.05, 0.1) is 0 Å². The van der Waals surface area contributed by atoms with Crippen molar-refractivity contribution in [2.45, 2.75) is 31.5 Å². The van der Waals surface area contributed by atoms with Crippen LogP contribution in [0.25, 0.3) is 0 Å². The highest BCUT2D eigenvalue weighted by Gasteiger charge is 2.33. The molecule has 1 aromatic carbocycles. The summed E-state index contributed by atoms with van der Waals surface area (Å²) in [5.74, 6) is 2.08. The van der Waals surface area contributed by atoms with E-state index in [-0.39, 0.29) is 36.3 Å². The van der Waals surface area contributed by atoms with Crippen molar-refractivity contribution >= 4 is 36.0 Å². The highest BCUT2D eigenvalue weighted by molar-refractivity contribution is 7.99. The van der Waals surface area contributed by atoms with E-state index in [9.17, 15) is 9.59 Å². The minimum atomic E-state index is -0.359. The van der Waals surface area contributed by atoms with E-state index in [1.165, 1.54) is 0 Å². The predicted octanol–water partition coefficient (Wildman–Crippen LogP) is 1.42. The molecule has 1 aromatic rings. The van der Waals surface area contributed by atoms with Gasteiger partial charge in [-0.3, -0.25) is 9.59 Å². The van der Waals surface area contributed by atoms with Gasteiger partial charge in [-0.2, -0.15) is 11.8 Å². The van der Waals surface area contributed by atoms with E-state index in [0.29, 0.717) is 25.9 Å². The number of rotatable bonds is 5. The van der Waals surface area contributed by atoms with Gasteiger partial charge in [0, 0.05) is 43.6 Å². The Bertz CT molecular complexity index is 552. The average Bonchev–Trinajstić information content (AvgIpc) is 2.90. The summed E-state index contributed by atoms with van der Waals surface area (Å²) in [6.07, 6.45) is 1.15. The summed E-state index contributed by atoms with van der Waals surface area (Å²) in [6.45, 7) is 2.28. The van der Waals surface area contributed by atoms with E-state index in [1.807, 2.05) is 47.0 Å².